The Bertz CT molecular complexity index is 835. The highest BCUT2D eigenvalue weighted by molar-refractivity contribution is 9.10. The Morgan fingerprint density at radius 2 is 1.96 bits per heavy atom. The van der Waals surface area contributed by atoms with Crippen LogP contribution in [0.4, 0.5) is 5.69 Å². The molecule has 0 atom stereocenters. The number of hydrogen-bond acceptors (Lipinski definition) is 5. The van der Waals surface area contributed by atoms with Crippen molar-refractivity contribution in [3.05, 3.63) is 52.5 Å². The molecule has 1 saturated heterocycles. The predicted octanol–water partition coefficient (Wildman–Crippen LogP) is 3.84. The van der Waals surface area contributed by atoms with Crippen LogP contribution in [-0.2, 0) is 9.53 Å². The first kappa shape index (κ1) is 20.4. The van der Waals surface area contributed by atoms with Crippen LogP contribution in [0.5, 0.6) is 11.5 Å². The smallest absolute Gasteiger partial charge is 0.260 e. The molecule has 0 radical (unpaired) electrons. The Morgan fingerprint density at radius 1 is 1.18 bits per heavy atom. The molecule has 0 spiro atoms. The number of ether oxygens (including phenoxy) is 3. The van der Waals surface area contributed by atoms with E-state index in [0.29, 0.717) is 38.7 Å². The zero-order chi connectivity index (χ0) is 19.8. The molecular formula is C21H23BrN2O4. The lowest BCUT2D eigenvalue weighted by Crippen LogP contribution is -2.43. The number of carbonyl (C=O) groups excluding carboxylic acids is 1. The van der Waals surface area contributed by atoms with E-state index < -0.39 is 0 Å². The molecular weight excluding hydrogens is 424 g/mol. The van der Waals surface area contributed by atoms with Crippen LogP contribution in [-0.4, -0.2) is 56.5 Å². The monoisotopic (exact) mass is 446 g/mol. The van der Waals surface area contributed by atoms with Gasteiger partial charge in [0.25, 0.3) is 5.91 Å². The third kappa shape index (κ3) is 5.56. The summed E-state index contributed by atoms with van der Waals surface area (Å²) in [5.41, 5.74) is 1.68. The fourth-order valence-electron chi connectivity index (χ4n) is 2.74. The van der Waals surface area contributed by atoms with E-state index in [0.717, 1.165) is 21.5 Å². The van der Waals surface area contributed by atoms with Crippen LogP contribution >= 0.6 is 15.9 Å². The van der Waals surface area contributed by atoms with Crippen LogP contribution in [0.2, 0.25) is 0 Å². The van der Waals surface area contributed by atoms with Crippen molar-refractivity contribution in [2.75, 3.05) is 39.5 Å². The molecule has 1 amide bonds. The summed E-state index contributed by atoms with van der Waals surface area (Å²) in [7, 11) is 0. The van der Waals surface area contributed by atoms with Crippen LogP contribution in [0.25, 0.3) is 0 Å². The number of aliphatic imine (C=N–C) groups is 1. The number of amides is 1. The molecule has 3 rings (SSSR count). The summed E-state index contributed by atoms with van der Waals surface area (Å²) in [6, 6.07) is 13.3. The molecule has 148 valence electrons. The highest BCUT2D eigenvalue weighted by Gasteiger charge is 2.17. The minimum Gasteiger partial charge on any atom is -0.492 e. The van der Waals surface area contributed by atoms with Gasteiger partial charge >= 0.3 is 0 Å². The zero-order valence-electron chi connectivity index (χ0n) is 15.8. The first-order valence-electron chi connectivity index (χ1n) is 9.21. The van der Waals surface area contributed by atoms with Gasteiger partial charge in [-0.25, -0.2) is 0 Å². The van der Waals surface area contributed by atoms with E-state index in [4.69, 9.17) is 14.2 Å². The van der Waals surface area contributed by atoms with Gasteiger partial charge in [0, 0.05) is 19.3 Å². The average Bonchev–Trinajstić information content (AvgIpc) is 2.73. The van der Waals surface area contributed by atoms with Crippen molar-refractivity contribution in [3.8, 4) is 11.5 Å². The summed E-state index contributed by atoms with van der Waals surface area (Å²) < 4.78 is 17.3. The molecule has 7 heteroatoms. The largest absolute Gasteiger partial charge is 0.492 e. The van der Waals surface area contributed by atoms with Crippen molar-refractivity contribution in [1.29, 1.82) is 0 Å². The van der Waals surface area contributed by atoms with E-state index in [2.05, 4.69) is 20.9 Å². The predicted molar refractivity (Wildman–Crippen MR) is 112 cm³/mol. The number of carbonyl (C=O) groups is 1. The molecule has 2 aromatic carbocycles. The standard InChI is InChI=1S/C21H23BrN2O4/c1-2-27-20-6-4-3-5-18(20)23-14-16-7-8-19(17(22)13-16)28-15-21(25)24-9-11-26-12-10-24/h3-8,13-14H,2,9-12,15H2,1H3. The minimum atomic E-state index is -0.0339. The number of benzene rings is 2. The van der Waals surface area contributed by atoms with E-state index >= 15 is 0 Å². The summed E-state index contributed by atoms with van der Waals surface area (Å²) in [5.74, 6) is 1.34. The van der Waals surface area contributed by atoms with Crippen molar-refractivity contribution in [2.24, 2.45) is 4.99 Å². The van der Waals surface area contributed by atoms with E-state index in [9.17, 15) is 4.79 Å². The summed E-state index contributed by atoms with van der Waals surface area (Å²) >= 11 is 3.50. The highest BCUT2D eigenvalue weighted by Crippen LogP contribution is 2.28. The topological polar surface area (TPSA) is 60.4 Å². The fourth-order valence-corrected chi connectivity index (χ4v) is 3.25. The molecule has 0 bridgehead atoms. The second-order valence-corrected chi connectivity index (χ2v) is 6.98. The Labute approximate surface area is 173 Å². The minimum absolute atomic E-state index is 0.00771. The maximum Gasteiger partial charge on any atom is 0.260 e. The summed E-state index contributed by atoms with van der Waals surface area (Å²) in [5, 5.41) is 0. The van der Waals surface area contributed by atoms with Crippen LogP contribution in [0.3, 0.4) is 0 Å². The SMILES string of the molecule is CCOc1ccccc1N=Cc1ccc(OCC(=O)N2CCOCC2)c(Br)c1. The van der Waals surface area contributed by atoms with E-state index in [1.165, 1.54) is 0 Å². The van der Waals surface area contributed by atoms with Gasteiger partial charge in [-0.1, -0.05) is 12.1 Å². The van der Waals surface area contributed by atoms with Crippen molar-refractivity contribution in [3.63, 3.8) is 0 Å². The van der Waals surface area contributed by atoms with E-state index in [-0.39, 0.29) is 12.5 Å². The quantitative estimate of drug-likeness (QED) is 0.606. The van der Waals surface area contributed by atoms with E-state index in [1.807, 2.05) is 49.4 Å². The zero-order valence-corrected chi connectivity index (χ0v) is 17.4. The number of halogens is 1. The molecule has 1 aliphatic rings. The average molecular weight is 447 g/mol. The lowest BCUT2D eigenvalue weighted by molar-refractivity contribution is -0.137. The molecule has 0 unspecified atom stereocenters. The number of hydrogen-bond donors (Lipinski definition) is 0. The van der Waals surface area contributed by atoms with Crippen molar-refractivity contribution in [2.45, 2.75) is 6.92 Å². The molecule has 0 saturated carbocycles. The molecule has 0 aliphatic carbocycles. The highest BCUT2D eigenvalue weighted by atomic mass is 79.9. The first-order chi connectivity index (χ1) is 13.7. The second-order valence-electron chi connectivity index (χ2n) is 6.13. The van der Waals surface area contributed by atoms with Crippen LogP contribution in [0.15, 0.2) is 51.9 Å². The third-order valence-electron chi connectivity index (χ3n) is 4.19. The molecule has 1 heterocycles. The van der Waals surface area contributed by atoms with Gasteiger partial charge in [0.15, 0.2) is 6.61 Å². The maximum absolute atomic E-state index is 12.2. The van der Waals surface area contributed by atoms with E-state index in [1.54, 1.807) is 11.1 Å². The van der Waals surface area contributed by atoms with Crippen LogP contribution in [0.1, 0.15) is 12.5 Å². The Hall–Kier alpha value is -2.38. The molecule has 2 aromatic rings. The Morgan fingerprint density at radius 3 is 2.71 bits per heavy atom. The normalized spacial score (nSPS) is 14.3. The van der Waals surface area contributed by atoms with Gasteiger partial charge in [-0.05, 0) is 58.7 Å². The number of morpholine rings is 1. The summed E-state index contributed by atoms with van der Waals surface area (Å²) in [6.45, 7) is 4.93. The van der Waals surface area contributed by atoms with Crippen LogP contribution < -0.4 is 9.47 Å². The van der Waals surface area contributed by atoms with Crippen LogP contribution in [0, 0.1) is 0 Å². The van der Waals surface area contributed by atoms with Gasteiger partial charge in [0.2, 0.25) is 0 Å². The van der Waals surface area contributed by atoms with Gasteiger partial charge in [0.05, 0.1) is 24.3 Å². The van der Waals surface area contributed by atoms with Crippen molar-refractivity contribution >= 4 is 33.7 Å². The third-order valence-corrected chi connectivity index (χ3v) is 4.81. The summed E-state index contributed by atoms with van der Waals surface area (Å²) in [6.07, 6.45) is 1.77. The first-order valence-corrected chi connectivity index (χ1v) is 10.0. The second kappa shape index (κ2) is 10.2. The fraction of sp³-hybridized carbons (Fsp3) is 0.333. The number of rotatable bonds is 7. The Balaban J connectivity index is 1.61. The van der Waals surface area contributed by atoms with Gasteiger partial charge in [-0.15, -0.1) is 0 Å². The van der Waals surface area contributed by atoms with Gasteiger partial charge in [-0.2, -0.15) is 0 Å². The Kier molecular flexibility index (Phi) is 7.45. The summed E-state index contributed by atoms with van der Waals surface area (Å²) in [4.78, 5) is 18.5. The van der Waals surface area contributed by atoms with Gasteiger partial charge in [0.1, 0.15) is 17.2 Å². The van der Waals surface area contributed by atoms with Gasteiger partial charge < -0.3 is 19.1 Å². The molecule has 1 aliphatic heterocycles. The van der Waals surface area contributed by atoms with Crippen molar-refractivity contribution in [1.82, 2.24) is 4.90 Å². The lowest BCUT2D eigenvalue weighted by atomic mass is 10.2. The van der Waals surface area contributed by atoms with Crippen molar-refractivity contribution < 1.29 is 19.0 Å². The molecule has 0 N–H and O–H groups in total. The molecule has 1 fully saturated rings. The molecule has 28 heavy (non-hydrogen) atoms. The van der Waals surface area contributed by atoms with Gasteiger partial charge in [-0.3, -0.25) is 9.79 Å². The maximum atomic E-state index is 12.2. The molecule has 6 nitrogen and oxygen atoms in total. The number of nitrogens with zero attached hydrogens (tertiary/aromatic N) is 2. The lowest BCUT2D eigenvalue weighted by Gasteiger charge is -2.26. The number of para-hydroxylation sites is 2. The molecule has 0 aromatic heterocycles.